The Morgan fingerprint density at radius 1 is 1.36 bits per heavy atom. The van der Waals surface area contributed by atoms with Crippen molar-refractivity contribution in [3.05, 3.63) is 0 Å². The number of hydrogen-bond donors (Lipinski definition) is 2. The molecule has 86 valence electrons. The lowest BCUT2D eigenvalue weighted by molar-refractivity contribution is 0.0290. The van der Waals surface area contributed by atoms with Crippen LogP contribution in [-0.2, 0) is 9.47 Å². The summed E-state index contributed by atoms with van der Waals surface area (Å²) in [6.07, 6.45) is 2.33. The van der Waals surface area contributed by atoms with E-state index in [0.29, 0.717) is 12.6 Å². The van der Waals surface area contributed by atoms with E-state index in [1.807, 2.05) is 6.92 Å². The zero-order valence-corrected chi connectivity index (χ0v) is 9.58. The van der Waals surface area contributed by atoms with Gasteiger partial charge in [-0.15, -0.1) is 0 Å². The van der Waals surface area contributed by atoms with Gasteiger partial charge >= 0.3 is 0 Å². The molecule has 0 saturated heterocycles. The molecule has 0 aliphatic rings. The van der Waals surface area contributed by atoms with Gasteiger partial charge in [-0.1, -0.05) is 0 Å². The van der Waals surface area contributed by atoms with Crippen LogP contribution in [0.1, 0.15) is 19.8 Å². The molecule has 0 bridgehead atoms. The van der Waals surface area contributed by atoms with Crippen molar-refractivity contribution in [3.63, 3.8) is 0 Å². The minimum Gasteiger partial charge on any atom is -0.382 e. The van der Waals surface area contributed by atoms with Crippen LogP contribution in [0.15, 0.2) is 0 Å². The number of rotatable bonds is 9. The molecule has 0 rings (SSSR count). The number of nitrogens with one attached hydrogen (secondary N) is 1. The summed E-state index contributed by atoms with van der Waals surface area (Å²) in [4.78, 5) is 0. The molecule has 0 saturated carbocycles. The molecule has 0 aliphatic heterocycles. The largest absolute Gasteiger partial charge is 0.382 e. The predicted molar refractivity (Wildman–Crippen MR) is 58.4 cm³/mol. The number of hydrogen-bond acceptors (Lipinski definition) is 4. The second-order valence-electron chi connectivity index (χ2n) is 3.64. The summed E-state index contributed by atoms with van der Waals surface area (Å²) in [6, 6.07) is 0.300. The maximum absolute atomic E-state index is 5.64. The molecule has 0 aromatic heterocycles. The highest BCUT2D eigenvalue weighted by atomic mass is 16.5. The quantitative estimate of drug-likeness (QED) is 0.533. The van der Waals surface area contributed by atoms with Gasteiger partial charge in [-0.2, -0.15) is 0 Å². The van der Waals surface area contributed by atoms with Crippen molar-refractivity contribution in [2.75, 3.05) is 33.9 Å². The summed E-state index contributed by atoms with van der Waals surface area (Å²) in [5.74, 6) is 0. The van der Waals surface area contributed by atoms with Crippen LogP contribution >= 0.6 is 0 Å². The van der Waals surface area contributed by atoms with E-state index in [1.165, 1.54) is 0 Å². The van der Waals surface area contributed by atoms with Crippen molar-refractivity contribution >= 4 is 0 Å². The minimum absolute atomic E-state index is 0.148. The molecule has 2 atom stereocenters. The highest BCUT2D eigenvalue weighted by Gasteiger charge is 2.05. The molecule has 14 heavy (non-hydrogen) atoms. The van der Waals surface area contributed by atoms with Gasteiger partial charge in [0.2, 0.25) is 0 Å². The number of ether oxygens (including phenoxy) is 2. The van der Waals surface area contributed by atoms with Crippen LogP contribution in [0.3, 0.4) is 0 Å². The molecule has 0 heterocycles. The highest BCUT2D eigenvalue weighted by Crippen LogP contribution is 1.92. The molecule has 4 heteroatoms. The average Bonchev–Trinajstić information content (AvgIpc) is 2.15. The minimum atomic E-state index is 0.148. The molecule has 0 fully saturated rings. The van der Waals surface area contributed by atoms with Gasteiger partial charge in [0.05, 0.1) is 12.7 Å². The first-order valence-corrected chi connectivity index (χ1v) is 5.18. The Morgan fingerprint density at radius 2 is 2.07 bits per heavy atom. The van der Waals surface area contributed by atoms with Gasteiger partial charge in [-0.25, -0.2) is 0 Å². The van der Waals surface area contributed by atoms with Crippen LogP contribution in [-0.4, -0.2) is 46.1 Å². The molecule has 0 aliphatic carbocycles. The molecule has 0 aromatic rings. The monoisotopic (exact) mass is 204 g/mol. The fraction of sp³-hybridized carbons (Fsp3) is 1.00. The second-order valence-corrected chi connectivity index (χ2v) is 3.64. The summed E-state index contributed by atoms with van der Waals surface area (Å²) in [5.41, 5.74) is 5.64. The third kappa shape index (κ3) is 8.44. The SMILES string of the molecule is COCC(CNCCCC(C)N)OC. The summed E-state index contributed by atoms with van der Waals surface area (Å²) >= 11 is 0. The Labute approximate surface area is 87.1 Å². The van der Waals surface area contributed by atoms with Crippen molar-refractivity contribution in [1.29, 1.82) is 0 Å². The summed E-state index contributed by atoms with van der Waals surface area (Å²) in [5, 5.41) is 3.32. The first kappa shape index (κ1) is 13.8. The third-order valence-electron chi connectivity index (χ3n) is 2.07. The fourth-order valence-corrected chi connectivity index (χ4v) is 1.21. The summed E-state index contributed by atoms with van der Waals surface area (Å²) in [7, 11) is 3.38. The molecular formula is C10H24N2O2. The smallest absolute Gasteiger partial charge is 0.0928 e. The number of nitrogens with two attached hydrogens (primary N) is 1. The Hall–Kier alpha value is -0.160. The average molecular weight is 204 g/mol. The van der Waals surface area contributed by atoms with E-state index in [1.54, 1.807) is 14.2 Å². The summed E-state index contributed by atoms with van der Waals surface area (Å²) < 4.78 is 10.2. The number of methoxy groups -OCH3 is 2. The van der Waals surface area contributed by atoms with Gasteiger partial charge in [0.1, 0.15) is 0 Å². The van der Waals surface area contributed by atoms with Crippen LogP contribution in [0.25, 0.3) is 0 Å². The molecule has 0 aromatic carbocycles. The van der Waals surface area contributed by atoms with Gasteiger partial charge < -0.3 is 20.5 Å². The molecule has 0 spiro atoms. The lowest BCUT2D eigenvalue weighted by Crippen LogP contribution is -2.32. The normalized spacial score (nSPS) is 15.4. The molecule has 0 amide bonds. The standard InChI is InChI=1S/C10H24N2O2/c1-9(11)5-4-6-12-7-10(14-3)8-13-2/h9-10,12H,4-8,11H2,1-3H3. The zero-order chi connectivity index (χ0) is 10.8. The Balaban J connectivity index is 3.24. The summed E-state index contributed by atoms with van der Waals surface area (Å²) in [6.45, 7) is 4.49. The van der Waals surface area contributed by atoms with E-state index in [0.717, 1.165) is 25.9 Å². The maximum Gasteiger partial charge on any atom is 0.0928 e. The van der Waals surface area contributed by atoms with E-state index in [9.17, 15) is 0 Å². The second kappa shape index (κ2) is 9.40. The zero-order valence-electron chi connectivity index (χ0n) is 9.58. The third-order valence-corrected chi connectivity index (χ3v) is 2.07. The molecule has 4 nitrogen and oxygen atoms in total. The van der Waals surface area contributed by atoms with E-state index in [-0.39, 0.29) is 6.10 Å². The van der Waals surface area contributed by atoms with Gasteiger partial charge in [-0.05, 0) is 26.3 Å². The van der Waals surface area contributed by atoms with Crippen LogP contribution in [0.2, 0.25) is 0 Å². The van der Waals surface area contributed by atoms with E-state index in [2.05, 4.69) is 5.32 Å². The van der Waals surface area contributed by atoms with Crippen molar-refractivity contribution in [1.82, 2.24) is 5.32 Å². The van der Waals surface area contributed by atoms with Crippen LogP contribution in [0.5, 0.6) is 0 Å². The maximum atomic E-state index is 5.64. The molecule has 2 unspecified atom stereocenters. The van der Waals surface area contributed by atoms with Crippen LogP contribution in [0, 0.1) is 0 Å². The highest BCUT2D eigenvalue weighted by molar-refractivity contribution is 4.61. The van der Waals surface area contributed by atoms with Gasteiger partial charge in [0.25, 0.3) is 0 Å². The van der Waals surface area contributed by atoms with Crippen LogP contribution in [0.4, 0.5) is 0 Å². The first-order valence-electron chi connectivity index (χ1n) is 5.18. The Morgan fingerprint density at radius 3 is 2.57 bits per heavy atom. The van der Waals surface area contributed by atoms with Gasteiger partial charge in [0, 0.05) is 26.8 Å². The lowest BCUT2D eigenvalue weighted by atomic mass is 10.2. The predicted octanol–water partition coefficient (Wildman–Crippen LogP) is 0.365. The van der Waals surface area contributed by atoms with Gasteiger partial charge in [-0.3, -0.25) is 0 Å². The molecule has 3 N–H and O–H groups in total. The van der Waals surface area contributed by atoms with Gasteiger partial charge in [0.15, 0.2) is 0 Å². The van der Waals surface area contributed by atoms with E-state index < -0.39 is 0 Å². The van der Waals surface area contributed by atoms with Crippen molar-refractivity contribution < 1.29 is 9.47 Å². The van der Waals surface area contributed by atoms with Crippen molar-refractivity contribution in [2.24, 2.45) is 5.73 Å². The van der Waals surface area contributed by atoms with E-state index in [4.69, 9.17) is 15.2 Å². The van der Waals surface area contributed by atoms with Crippen LogP contribution < -0.4 is 11.1 Å². The Kier molecular flexibility index (Phi) is 9.29. The van der Waals surface area contributed by atoms with E-state index >= 15 is 0 Å². The molecule has 0 radical (unpaired) electrons. The molecular weight excluding hydrogens is 180 g/mol. The Bertz CT molecular complexity index is 121. The lowest BCUT2D eigenvalue weighted by Gasteiger charge is -2.15. The topological polar surface area (TPSA) is 56.5 Å². The van der Waals surface area contributed by atoms with Crippen molar-refractivity contribution in [2.45, 2.75) is 31.9 Å². The first-order chi connectivity index (χ1) is 6.70. The fourth-order valence-electron chi connectivity index (χ4n) is 1.21. The van der Waals surface area contributed by atoms with Crippen molar-refractivity contribution in [3.8, 4) is 0 Å².